The summed E-state index contributed by atoms with van der Waals surface area (Å²) < 4.78 is 25.5. The molecule has 34 heavy (non-hydrogen) atoms. The number of hydrogen-bond donors (Lipinski definition) is 1. The average Bonchev–Trinajstić information content (AvgIpc) is 3.28. The van der Waals surface area contributed by atoms with Gasteiger partial charge >= 0.3 is 6.01 Å². The molecule has 2 aromatic heterocycles. The fraction of sp³-hybridized carbons (Fsp3) is 0.269. The molecule has 6 rings (SSSR count). The lowest BCUT2D eigenvalue weighted by molar-refractivity contribution is -0.0506. The number of benzene rings is 2. The van der Waals surface area contributed by atoms with Gasteiger partial charge in [-0.15, -0.1) is 6.42 Å². The quantitative estimate of drug-likeness (QED) is 0.466. The molecule has 170 valence electrons. The third-order valence-electron chi connectivity index (χ3n) is 6.78. The van der Waals surface area contributed by atoms with Gasteiger partial charge in [-0.3, -0.25) is 0 Å². The predicted molar refractivity (Wildman–Crippen MR) is 127 cm³/mol. The van der Waals surface area contributed by atoms with Gasteiger partial charge in [0, 0.05) is 23.7 Å². The first-order chi connectivity index (χ1) is 16.5. The van der Waals surface area contributed by atoms with Crippen molar-refractivity contribution in [3.8, 4) is 35.4 Å². The van der Waals surface area contributed by atoms with E-state index in [-0.39, 0.29) is 22.9 Å². The Morgan fingerprint density at radius 2 is 2.09 bits per heavy atom. The molecule has 4 heterocycles. The van der Waals surface area contributed by atoms with Crippen molar-refractivity contribution in [1.82, 2.24) is 15.0 Å². The maximum atomic E-state index is 14.7. The maximum Gasteiger partial charge on any atom is 0.316 e. The average molecular weight is 456 g/mol. The summed E-state index contributed by atoms with van der Waals surface area (Å²) in [4.78, 5) is 16.2. The first kappa shape index (κ1) is 20.6. The van der Waals surface area contributed by atoms with Crippen molar-refractivity contribution >= 4 is 27.5 Å². The van der Waals surface area contributed by atoms with Crippen LogP contribution < -0.4 is 9.64 Å². The van der Waals surface area contributed by atoms with Gasteiger partial charge in [0.15, 0.2) is 0 Å². The van der Waals surface area contributed by atoms with E-state index in [9.17, 15) is 9.50 Å². The van der Waals surface area contributed by atoms with E-state index in [4.69, 9.17) is 20.9 Å². The van der Waals surface area contributed by atoms with E-state index in [2.05, 4.69) is 20.8 Å². The molecule has 2 aliphatic rings. The summed E-state index contributed by atoms with van der Waals surface area (Å²) in [5.41, 5.74) is 1.70. The molecule has 2 aliphatic heterocycles. The van der Waals surface area contributed by atoms with Gasteiger partial charge in [-0.25, -0.2) is 14.4 Å². The number of ether oxygens (including phenoxy) is 2. The number of rotatable bonds is 3. The molecule has 2 saturated heterocycles. The summed E-state index contributed by atoms with van der Waals surface area (Å²) in [6.45, 7) is 2.10. The standard InChI is InChI=1S/C26H21FN4O3/c1-3-17-20(27)6-5-15-9-16(32)10-18(23(15)17)21-11-22-19(12-28-25(30-22)33-2)24(29-21)31-8-4-7-26(31)13-34-14-26/h1,5-6,9-12,32H,4,7-8,13-14H2,2H3. The number of anilines is 1. The largest absolute Gasteiger partial charge is 0.508 e. The summed E-state index contributed by atoms with van der Waals surface area (Å²) in [5, 5.41) is 12.4. The Hall–Kier alpha value is -3.96. The molecule has 7 nitrogen and oxygen atoms in total. The Bertz CT molecular complexity index is 1510. The number of aromatic nitrogens is 3. The van der Waals surface area contributed by atoms with E-state index < -0.39 is 5.82 Å². The number of halogens is 1. The van der Waals surface area contributed by atoms with Crippen LogP contribution in [0, 0.1) is 18.2 Å². The van der Waals surface area contributed by atoms with Crippen molar-refractivity contribution in [2.24, 2.45) is 0 Å². The van der Waals surface area contributed by atoms with Gasteiger partial charge in [0.1, 0.15) is 17.4 Å². The Labute approximate surface area is 195 Å². The highest BCUT2D eigenvalue weighted by molar-refractivity contribution is 6.03. The van der Waals surface area contributed by atoms with Gasteiger partial charge in [-0.1, -0.05) is 12.0 Å². The molecule has 0 amide bonds. The summed E-state index contributed by atoms with van der Waals surface area (Å²) in [6, 6.07) is 8.06. The number of phenolic OH excluding ortho intramolecular Hbond substituents is 1. The molecule has 0 atom stereocenters. The summed E-state index contributed by atoms with van der Waals surface area (Å²) in [6.07, 6.45) is 9.44. The molecule has 0 aliphatic carbocycles. The van der Waals surface area contributed by atoms with Gasteiger partial charge < -0.3 is 19.5 Å². The van der Waals surface area contributed by atoms with Gasteiger partial charge in [0.05, 0.1) is 48.0 Å². The zero-order chi connectivity index (χ0) is 23.4. The highest BCUT2D eigenvalue weighted by Crippen LogP contribution is 2.43. The molecule has 0 bridgehead atoms. The molecule has 2 aromatic carbocycles. The topological polar surface area (TPSA) is 80.6 Å². The van der Waals surface area contributed by atoms with E-state index in [0.29, 0.717) is 40.8 Å². The lowest BCUT2D eigenvalue weighted by Gasteiger charge is -2.46. The second-order valence-corrected chi connectivity index (χ2v) is 8.75. The summed E-state index contributed by atoms with van der Waals surface area (Å²) in [7, 11) is 1.51. The number of terminal acetylenes is 1. The number of pyridine rings is 1. The number of aromatic hydroxyl groups is 1. The molecule has 8 heteroatoms. The molecule has 4 aromatic rings. The van der Waals surface area contributed by atoms with Gasteiger partial charge in [-0.05, 0) is 42.5 Å². The van der Waals surface area contributed by atoms with E-state index in [0.717, 1.165) is 30.6 Å². The highest BCUT2D eigenvalue weighted by atomic mass is 19.1. The lowest BCUT2D eigenvalue weighted by Crippen LogP contribution is -2.59. The number of methoxy groups -OCH3 is 1. The molecule has 2 fully saturated rings. The summed E-state index contributed by atoms with van der Waals surface area (Å²) >= 11 is 0. The van der Waals surface area contributed by atoms with Gasteiger partial charge in [-0.2, -0.15) is 4.98 Å². The Balaban J connectivity index is 1.67. The molecule has 0 saturated carbocycles. The zero-order valence-electron chi connectivity index (χ0n) is 18.5. The Morgan fingerprint density at radius 1 is 1.24 bits per heavy atom. The van der Waals surface area contributed by atoms with Crippen LogP contribution in [-0.4, -0.2) is 52.5 Å². The van der Waals surface area contributed by atoms with Crippen molar-refractivity contribution < 1.29 is 19.0 Å². The van der Waals surface area contributed by atoms with Crippen LogP contribution in [0.15, 0.2) is 36.5 Å². The number of nitrogens with zero attached hydrogens (tertiary/aromatic N) is 4. The SMILES string of the molecule is C#Cc1c(F)ccc2cc(O)cc(-c3cc4nc(OC)ncc4c(N4CCCC45COC5)n3)c12. The fourth-order valence-electron chi connectivity index (χ4n) is 5.11. The lowest BCUT2D eigenvalue weighted by atomic mass is 9.93. The third kappa shape index (κ3) is 2.97. The van der Waals surface area contributed by atoms with Gasteiger partial charge in [0.2, 0.25) is 0 Å². The molecule has 0 unspecified atom stereocenters. The normalized spacial score (nSPS) is 16.7. The van der Waals surface area contributed by atoms with E-state index in [1.807, 2.05) is 0 Å². The monoisotopic (exact) mass is 456 g/mol. The third-order valence-corrected chi connectivity index (χ3v) is 6.78. The van der Waals surface area contributed by atoms with E-state index in [1.54, 1.807) is 30.5 Å². The van der Waals surface area contributed by atoms with Crippen molar-refractivity contribution in [3.63, 3.8) is 0 Å². The summed E-state index contributed by atoms with van der Waals surface area (Å²) in [5.74, 6) is 2.73. The minimum absolute atomic E-state index is 0.0332. The van der Waals surface area contributed by atoms with Crippen molar-refractivity contribution in [2.45, 2.75) is 18.4 Å². The fourth-order valence-corrected chi connectivity index (χ4v) is 5.11. The Morgan fingerprint density at radius 3 is 2.82 bits per heavy atom. The molecular weight excluding hydrogens is 435 g/mol. The number of phenols is 1. The zero-order valence-corrected chi connectivity index (χ0v) is 18.5. The first-order valence-electron chi connectivity index (χ1n) is 11.0. The first-order valence-corrected chi connectivity index (χ1v) is 11.0. The smallest absolute Gasteiger partial charge is 0.316 e. The van der Waals surface area contributed by atoms with E-state index in [1.165, 1.54) is 13.2 Å². The van der Waals surface area contributed by atoms with Crippen LogP contribution in [0.25, 0.3) is 32.9 Å². The van der Waals surface area contributed by atoms with E-state index >= 15 is 0 Å². The van der Waals surface area contributed by atoms with Crippen molar-refractivity contribution in [2.75, 3.05) is 31.8 Å². The second kappa shape index (κ2) is 7.54. The minimum atomic E-state index is -0.503. The van der Waals surface area contributed by atoms with Crippen LogP contribution in [0.5, 0.6) is 11.8 Å². The number of fused-ring (bicyclic) bond motifs is 2. The van der Waals surface area contributed by atoms with Crippen LogP contribution >= 0.6 is 0 Å². The van der Waals surface area contributed by atoms with Crippen LogP contribution in [0.2, 0.25) is 0 Å². The van der Waals surface area contributed by atoms with Crippen LogP contribution in [0.3, 0.4) is 0 Å². The van der Waals surface area contributed by atoms with Crippen molar-refractivity contribution in [3.05, 3.63) is 47.9 Å². The molecule has 1 N–H and O–H groups in total. The van der Waals surface area contributed by atoms with Crippen molar-refractivity contribution in [1.29, 1.82) is 0 Å². The Kier molecular flexibility index (Phi) is 4.57. The van der Waals surface area contributed by atoms with Gasteiger partial charge in [0.25, 0.3) is 0 Å². The van der Waals surface area contributed by atoms with Crippen LogP contribution in [-0.2, 0) is 4.74 Å². The number of hydrogen-bond acceptors (Lipinski definition) is 7. The van der Waals surface area contributed by atoms with Crippen LogP contribution in [0.4, 0.5) is 10.2 Å². The predicted octanol–water partition coefficient (Wildman–Crippen LogP) is 4.05. The van der Waals surface area contributed by atoms with Crippen LogP contribution in [0.1, 0.15) is 18.4 Å². The highest BCUT2D eigenvalue weighted by Gasteiger charge is 2.48. The molecular formula is C26H21FN4O3. The maximum absolute atomic E-state index is 14.7. The molecule has 0 radical (unpaired) electrons. The second-order valence-electron chi connectivity index (χ2n) is 8.75. The minimum Gasteiger partial charge on any atom is -0.508 e. The molecule has 1 spiro atoms.